The first-order chi connectivity index (χ1) is 12.1. The molecule has 1 heterocycles. The first-order valence-electron chi connectivity index (χ1n) is 8.00. The van der Waals surface area contributed by atoms with Crippen molar-refractivity contribution in [1.29, 1.82) is 0 Å². The van der Waals surface area contributed by atoms with Gasteiger partial charge < -0.3 is 5.32 Å². The van der Waals surface area contributed by atoms with Crippen molar-refractivity contribution in [2.24, 2.45) is 0 Å². The third-order valence-electron chi connectivity index (χ3n) is 3.89. The van der Waals surface area contributed by atoms with Crippen molar-refractivity contribution < 1.29 is 9.59 Å². The molecule has 25 heavy (non-hydrogen) atoms. The lowest BCUT2D eigenvalue weighted by Gasteiger charge is -2.17. The Morgan fingerprint density at radius 3 is 2.04 bits per heavy atom. The number of aromatic nitrogens is 1. The van der Waals surface area contributed by atoms with Crippen LogP contribution >= 0.6 is 11.3 Å². The lowest BCUT2D eigenvalue weighted by molar-refractivity contribution is -0.116. The van der Waals surface area contributed by atoms with Crippen molar-refractivity contribution in [1.82, 2.24) is 4.98 Å². The van der Waals surface area contributed by atoms with Crippen LogP contribution < -0.4 is 5.32 Å². The van der Waals surface area contributed by atoms with Gasteiger partial charge in [0.1, 0.15) is 0 Å². The monoisotopic (exact) mass is 350 g/mol. The Morgan fingerprint density at radius 1 is 1.00 bits per heavy atom. The molecule has 126 valence electrons. The molecule has 0 aliphatic heterocycles. The molecule has 0 bridgehead atoms. The molecule has 0 fully saturated rings. The summed E-state index contributed by atoms with van der Waals surface area (Å²) in [5.74, 6) is -0.207. The van der Waals surface area contributed by atoms with E-state index in [1.165, 1.54) is 24.5 Å². The SMILES string of the molecule is CC(=O)c1cnc(NC(=O)CC(c2ccccc2)c2ccccc2)s1. The Labute approximate surface area is 150 Å². The molecule has 0 saturated heterocycles. The largest absolute Gasteiger partial charge is 0.302 e. The van der Waals surface area contributed by atoms with E-state index < -0.39 is 0 Å². The van der Waals surface area contributed by atoms with Gasteiger partial charge in [-0.3, -0.25) is 9.59 Å². The minimum Gasteiger partial charge on any atom is -0.302 e. The second-order valence-corrected chi connectivity index (χ2v) is 6.74. The highest BCUT2D eigenvalue weighted by Gasteiger charge is 2.19. The summed E-state index contributed by atoms with van der Waals surface area (Å²) in [6.45, 7) is 1.49. The number of Topliss-reactive ketones (excluding diaryl/α,β-unsaturated/α-hetero) is 1. The topological polar surface area (TPSA) is 59.1 Å². The van der Waals surface area contributed by atoms with Crippen LogP contribution in [0.25, 0.3) is 0 Å². The molecule has 0 spiro atoms. The summed E-state index contributed by atoms with van der Waals surface area (Å²) in [5, 5.41) is 3.26. The summed E-state index contributed by atoms with van der Waals surface area (Å²) in [5.41, 5.74) is 2.18. The van der Waals surface area contributed by atoms with Gasteiger partial charge in [0.05, 0.1) is 11.1 Å². The Bertz CT molecular complexity index is 820. The molecule has 1 aromatic heterocycles. The molecule has 4 nitrogen and oxygen atoms in total. The second-order valence-electron chi connectivity index (χ2n) is 5.71. The van der Waals surface area contributed by atoms with Crippen LogP contribution in [0.2, 0.25) is 0 Å². The van der Waals surface area contributed by atoms with Crippen LogP contribution in [0.5, 0.6) is 0 Å². The van der Waals surface area contributed by atoms with Crippen LogP contribution in [0.15, 0.2) is 66.9 Å². The first-order valence-corrected chi connectivity index (χ1v) is 8.81. The third-order valence-corrected chi connectivity index (χ3v) is 4.91. The molecule has 1 amide bonds. The van der Waals surface area contributed by atoms with E-state index in [1.807, 2.05) is 60.7 Å². The van der Waals surface area contributed by atoms with Crippen molar-refractivity contribution >= 4 is 28.2 Å². The zero-order chi connectivity index (χ0) is 17.6. The number of benzene rings is 2. The number of hydrogen-bond acceptors (Lipinski definition) is 4. The summed E-state index contributed by atoms with van der Waals surface area (Å²) in [6, 6.07) is 19.9. The molecule has 0 saturated carbocycles. The predicted molar refractivity (Wildman–Crippen MR) is 100 cm³/mol. The molecule has 0 atom stereocenters. The van der Waals surface area contributed by atoms with Gasteiger partial charge in [0, 0.05) is 19.3 Å². The highest BCUT2D eigenvalue weighted by atomic mass is 32.1. The average molecular weight is 350 g/mol. The van der Waals surface area contributed by atoms with Gasteiger partial charge in [-0.05, 0) is 11.1 Å². The average Bonchev–Trinajstić information content (AvgIpc) is 3.10. The van der Waals surface area contributed by atoms with Gasteiger partial charge in [-0.15, -0.1) is 0 Å². The fourth-order valence-corrected chi connectivity index (χ4v) is 3.38. The highest BCUT2D eigenvalue weighted by molar-refractivity contribution is 7.17. The molecule has 5 heteroatoms. The van der Waals surface area contributed by atoms with E-state index >= 15 is 0 Å². The number of nitrogens with zero attached hydrogens (tertiary/aromatic N) is 1. The van der Waals surface area contributed by atoms with Crippen LogP contribution in [-0.2, 0) is 4.79 Å². The third kappa shape index (κ3) is 4.39. The number of anilines is 1. The number of carbonyl (C=O) groups is 2. The molecule has 0 radical (unpaired) electrons. The van der Waals surface area contributed by atoms with Crippen LogP contribution in [0.3, 0.4) is 0 Å². The number of nitrogens with one attached hydrogen (secondary N) is 1. The minimum absolute atomic E-state index is 0.0327. The summed E-state index contributed by atoms with van der Waals surface area (Å²) < 4.78 is 0. The minimum atomic E-state index is -0.123. The smallest absolute Gasteiger partial charge is 0.227 e. The van der Waals surface area contributed by atoms with Crippen LogP contribution in [0.4, 0.5) is 5.13 Å². The van der Waals surface area contributed by atoms with Crippen LogP contribution in [-0.4, -0.2) is 16.7 Å². The maximum absolute atomic E-state index is 12.5. The molecule has 2 aromatic carbocycles. The van der Waals surface area contributed by atoms with E-state index in [2.05, 4.69) is 10.3 Å². The maximum Gasteiger partial charge on any atom is 0.227 e. The zero-order valence-electron chi connectivity index (χ0n) is 13.8. The summed E-state index contributed by atoms with van der Waals surface area (Å²) >= 11 is 1.20. The molecule has 0 aliphatic carbocycles. The highest BCUT2D eigenvalue weighted by Crippen LogP contribution is 2.28. The van der Waals surface area contributed by atoms with Gasteiger partial charge in [-0.1, -0.05) is 72.0 Å². The van der Waals surface area contributed by atoms with Crippen molar-refractivity contribution in [3.05, 3.63) is 82.9 Å². The summed E-state index contributed by atoms with van der Waals surface area (Å²) in [4.78, 5) is 28.5. The van der Waals surface area contributed by atoms with Gasteiger partial charge in [0.2, 0.25) is 5.91 Å². The van der Waals surface area contributed by atoms with Gasteiger partial charge in [-0.25, -0.2) is 4.98 Å². The number of hydrogen-bond donors (Lipinski definition) is 1. The van der Waals surface area contributed by atoms with Gasteiger partial charge in [0.25, 0.3) is 0 Å². The summed E-state index contributed by atoms with van der Waals surface area (Å²) in [7, 11) is 0. The van der Waals surface area contributed by atoms with Gasteiger partial charge in [0.15, 0.2) is 10.9 Å². The zero-order valence-corrected chi connectivity index (χ0v) is 14.6. The lowest BCUT2D eigenvalue weighted by atomic mass is 9.88. The number of amides is 1. The van der Waals surface area contributed by atoms with Gasteiger partial charge >= 0.3 is 0 Å². The van der Waals surface area contributed by atoms with E-state index in [0.717, 1.165) is 11.1 Å². The Hall–Kier alpha value is -2.79. The van der Waals surface area contributed by atoms with E-state index in [4.69, 9.17) is 0 Å². The van der Waals surface area contributed by atoms with E-state index in [1.54, 1.807) is 0 Å². The number of rotatable bonds is 6. The number of ketones is 1. The Balaban J connectivity index is 1.78. The predicted octanol–water partition coefficient (Wildman–Crippen LogP) is 4.51. The number of thiazole rings is 1. The molecule has 1 N–H and O–H groups in total. The van der Waals surface area contributed by atoms with Gasteiger partial charge in [-0.2, -0.15) is 0 Å². The molecular weight excluding hydrogens is 332 g/mol. The summed E-state index contributed by atoms with van der Waals surface area (Å²) in [6.07, 6.45) is 1.80. The first kappa shape index (κ1) is 17.0. The second kappa shape index (κ2) is 7.85. The Kier molecular flexibility index (Phi) is 5.36. The van der Waals surface area contributed by atoms with Crippen LogP contribution in [0.1, 0.15) is 40.1 Å². The van der Waals surface area contributed by atoms with E-state index in [9.17, 15) is 9.59 Å². The Morgan fingerprint density at radius 2 is 1.56 bits per heavy atom. The van der Waals surface area contributed by atoms with Crippen molar-refractivity contribution in [3.8, 4) is 0 Å². The maximum atomic E-state index is 12.5. The van der Waals surface area contributed by atoms with Crippen molar-refractivity contribution in [2.75, 3.05) is 5.32 Å². The fraction of sp³-hybridized carbons (Fsp3) is 0.150. The number of carbonyl (C=O) groups excluding carboxylic acids is 2. The molecule has 0 unspecified atom stereocenters. The standard InChI is InChI=1S/C20H18N2O2S/c1-14(23)18-13-21-20(25-18)22-19(24)12-17(15-8-4-2-5-9-15)16-10-6-3-7-11-16/h2-11,13,17H,12H2,1H3,(H,21,22,24). The van der Waals surface area contributed by atoms with Crippen LogP contribution in [0, 0.1) is 0 Å². The van der Waals surface area contributed by atoms with Crippen molar-refractivity contribution in [3.63, 3.8) is 0 Å². The van der Waals surface area contributed by atoms with E-state index in [0.29, 0.717) is 16.4 Å². The van der Waals surface area contributed by atoms with Crippen molar-refractivity contribution in [2.45, 2.75) is 19.3 Å². The molecular formula is C20H18N2O2S. The normalized spacial score (nSPS) is 10.6. The molecule has 3 aromatic rings. The quantitative estimate of drug-likeness (QED) is 0.666. The lowest BCUT2D eigenvalue weighted by Crippen LogP contribution is -2.16. The fourth-order valence-electron chi connectivity index (χ4n) is 2.65. The molecule has 0 aliphatic rings. The van der Waals surface area contributed by atoms with E-state index in [-0.39, 0.29) is 17.6 Å². The molecule has 3 rings (SSSR count).